The molecule has 1 aliphatic heterocycles. The van der Waals surface area contributed by atoms with E-state index >= 15 is 0 Å². The van der Waals surface area contributed by atoms with Crippen molar-refractivity contribution in [3.63, 3.8) is 0 Å². The highest BCUT2D eigenvalue weighted by Crippen LogP contribution is 2.21. The summed E-state index contributed by atoms with van der Waals surface area (Å²) in [6, 6.07) is 11.6. The zero-order valence-corrected chi connectivity index (χ0v) is 16.5. The number of likely N-dealkylation sites (tertiary alicyclic amines) is 1. The highest BCUT2D eigenvalue weighted by molar-refractivity contribution is 5.80. The predicted molar refractivity (Wildman–Crippen MR) is 106 cm³/mol. The Kier molecular flexibility index (Phi) is 6.56. The molecule has 2 heterocycles. The number of para-hydroxylation sites is 1. The third-order valence-corrected chi connectivity index (χ3v) is 5.24. The lowest BCUT2D eigenvalue weighted by atomic mass is 9.96. The molecular weight excluding hydrogens is 340 g/mol. The Morgan fingerprint density at radius 3 is 2.59 bits per heavy atom. The van der Waals surface area contributed by atoms with Gasteiger partial charge in [-0.25, -0.2) is 0 Å². The predicted octanol–water partition coefficient (Wildman–Crippen LogP) is 3.69. The normalized spacial score (nSPS) is 16.9. The summed E-state index contributed by atoms with van der Waals surface area (Å²) in [5.41, 5.74) is 1.28. The number of carbonyl (C=O) groups is 1. The van der Waals surface area contributed by atoms with Crippen LogP contribution in [0.4, 0.5) is 0 Å². The van der Waals surface area contributed by atoms with E-state index in [9.17, 15) is 4.79 Å². The van der Waals surface area contributed by atoms with Crippen LogP contribution in [0.15, 0.2) is 40.8 Å². The first-order chi connectivity index (χ1) is 13.0. The first-order valence-electron chi connectivity index (χ1n) is 9.79. The maximum atomic E-state index is 12.3. The van der Waals surface area contributed by atoms with E-state index in [1.807, 2.05) is 44.2 Å². The van der Waals surface area contributed by atoms with E-state index in [1.54, 1.807) is 6.92 Å². The maximum absolute atomic E-state index is 12.3. The summed E-state index contributed by atoms with van der Waals surface area (Å²) in [6.07, 6.45) is 1.72. The van der Waals surface area contributed by atoms with Crippen LogP contribution in [0, 0.1) is 19.8 Å². The molecule has 1 saturated heterocycles. The number of hydrogen-bond donors (Lipinski definition) is 1. The molecule has 5 nitrogen and oxygen atoms in total. The van der Waals surface area contributed by atoms with Gasteiger partial charge >= 0.3 is 0 Å². The zero-order valence-electron chi connectivity index (χ0n) is 16.5. The minimum atomic E-state index is -0.486. The first kappa shape index (κ1) is 19.5. The molecule has 0 aliphatic carbocycles. The number of piperidine rings is 1. The van der Waals surface area contributed by atoms with Gasteiger partial charge in [0, 0.05) is 18.7 Å². The monoisotopic (exact) mass is 370 g/mol. The van der Waals surface area contributed by atoms with Gasteiger partial charge in [-0.15, -0.1) is 0 Å². The quantitative estimate of drug-likeness (QED) is 0.808. The number of nitrogens with zero attached hydrogens (tertiary/aromatic N) is 1. The average molecular weight is 370 g/mol. The summed E-state index contributed by atoms with van der Waals surface area (Å²) in [6.45, 7) is 9.60. The molecule has 0 spiro atoms. The zero-order chi connectivity index (χ0) is 19.2. The van der Waals surface area contributed by atoms with E-state index in [0.29, 0.717) is 5.92 Å². The molecule has 146 valence electrons. The number of nitrogens with one attached hydrogen (secondary N) is 1. The lowest BCUT2D eigenvalue weighted by molar-refractivity contribution is -0.127. The van der Waals surface area contributed by atoms with E-state index in [1.165, 1.54) is 5.56 Å². The number of amides is 1. The van der Waals surface area contributed by atoms with Crippen molar-refractivity contribution in [1.29, 1.82) is 0 Å². The second kappa shape index (κ2) is 9.09. The largest absolute Gasteiger partial charge is 0.481 e. The molecule has 27 heavy (non-hydrogen) atoms. The second-order valence-corrected chi connectivity index (χ2v) is 7.48. The van der Waals surface area contributed by atoms with Crippen LogP contribution >= 0.6 is 0 Å². The minimum Gasteiger partial charge on any atom is -0.481 e. The Morgan fingerprint density at radius 2 is 1.96 bits per heavy atom. The van der Waals surface area contributed by atoms with Gasteiger partial charge in [-0.1, -0.05) is 18.2 Å². The van der Waals surface area contributed by atoms with Crippen molar-refractivity contribution in [2.24, 2.45) is 5.92 Å². The molecular formula is C22H30N2O3. The van der Waals surface area contributed by atoms with Gasteiger partial charge < -0.3 is 14.5 Å². The van der Waals surface area contributed by atoms with E-state index in [2.05, 4.69) is 16.3 Å². The van der Waals surface area contributed by atoms with E-state index < -0.39 is 6.10 Å². The number of carbonyl (C=O) groups excluding carboxylic acids is 1. The maximum Gasteiger partial charge on any atom is 0.260 e. The number of furan rings is 1. The fourth-order valence-electron chi connectivity index (χ4n) is 3.58. The number of ether oxygens (including phenoxy) is 1. The smallest absolute Gasteiger partial charge is 0.260 e. The molecule has 1 unspecified atom stereocenters. The lowest BCUT2D eigenvalue weighted by Crippen LogP contribution is -2.42. The molecule has 1 aliphatic rings. The van der Waals surface area contributed by atoms with Crippen LogP contribution in [0.25, 0.3) is 0 Å². The Balaban J connectivity index is 1.37. The van der Waals surface area contributed by atoms with Crippen molar-refractivity contribution in [3.05, 3.63) is 53.5 Å². The molecule has 1 amide bonds. The molecule has 1 aromatic heterocycles. The van der Waals surface area contributed by atoms with Crippen LogP contribution in [0.5, 0.6) is 5.75 Å². The van der Waals surface area contributed by atoms with Crippen LogP contribution in [0.3, 0.4) is 0 Å². The summed E-state index contributed by atoms with van der Waals surface area (Å²) >= 11 is 0. The Morgan fingerprint density at radius 1 is 1.26 bits per heavy atom. The molecule has 5 heteroatoms. The molecule has 0 saturated carbocycles. The van der Waals surface area contributed by atoms with Crippen molar-refractivity contribution < 1.29 is 13.9 Å². The number of hydrogen-bond acceptors (Lipinski definition) is 4. The standard InChI is InChI=1S/C22H30N2O3/c1-16-13-20(17(2)26-16)15-24-11-9-19(10-12-24)14-23-22(25)18(3)27-21-7-5-4-6-8-21/h4-8,13,18-19H,9-12,14-15H2,1-3H3,(H,23,25). The van der Waals surface area contributed by atoms with Crippen molar-refractivity contribution in [2.75, 3.05) is 19.6 Å². The third kappa shape index (κ3) is 5.60. The Hall–Kier alpha value is -2.27. The summed E-state index contributed by atoms with van der Waals surface area (Å²) in [7, 11) is 0. The number of benzene rings is 1. The van der Waals surface area contributed by atoms with Crippen LogP contribution in [-0.4, -0.2) is 36.5 Å². The fraction of sp³-hybridized carbons (Fsp3) is 0.500. The van der Waals surface area contributed by atoms with E-state index in [-0.39, 0.29) is 5.91 Å². The van der Waals surface area contributed by atoms with E-state index in [0.717, 1.165) is 56.3 Å². The van der Waals surface area contributed by atoms with Crippen molar-refractivity contribution in [2.45, 2.75) is 46.3 Å². The molecule has 0 radical (unpaired) electrons. The van der Waals surface area contributed by atoms with Gasteiger partial charge in [0.2, 0.25) is 0 Å². The molecule has 0 bridgehead atoms. The van der Waals surface area contributed by atoms with Gasteiger partial charge in [-0.05, 0) is 70.8 Å². The Bertz CT molecular complexity index is 733. The van der Waals surface area contributed by atoms with Crippen molar-refractivity contribution in [1.82, 2.24) is 10.2 Å². The molecule has 1 N–H and O–H groups in total. The van der Waals surface area contributed by atoms with Crippen molar-refractivity contribution in [3.8, 4) is 5.75 Å². The lowest BCUT2D eigenvalue weighted by Gasteiger charge is -2.32. The Labute approximate surface area is 161 Å². The topological polar surface area (TPSA) is 54.7 Å². The van der Waals surface area contributed by atoms with Crippen LogP contribution in [0.1, 0.15) is 36.8 Å². The van der Waals surface area contributed by atoms with Gasteiger partial charge in [-0.2, -0.15) is 0 Å². The fourth-order valence-corrected chi connectivity index (χ4v) is 3.58. The average Bonchev–Trinajstić information content (AvgIpc) is 2.98. The number of aryl methyl sites for hydroxylation is 2. The van der Waals surface area contributed by atoms with Crippen molar-refractivity contribution >= 4 is 5.91 Å². The molecule has 2 aromatic rings. The summed E-state index contributed by atoms with van der Waals surface area (Å²) in [5.74, 6) is 3.20. The van der Waals surface area contributed by atoms with E-state index in [4.69, 9.17) is 9.15 Å². The number of rotatable bonds is 7. The molecule has 1 aromatic carbocycles. The van der Waals surface area contributed by atoms with Gasteiger partial charge in [0.15, 0.2) is 6.10 Å². The van der Waals surface area contributed by atoms with Crippen LogP contribution in [-0.2, 0) is 11.3 Å². The SMILES string of the molecule is Cc1cc(CN2CCC(CNC(=O)C(C)Oc3ccccc3)CC2)c(C)o1. The van der Waals surface area contributed by atoms with Gasteiger partial charge in [-0.3, -0.25) is 9.69 Å². The molecule has 1 atom stereocenters. The molecule has 1 fully saturated rings. The second-order valence-electron chi connectivity index (χ2n) is 7.48. The summed E-state index contributed by atoms with van der Waals surface area (Å²) in [5, 5.41) is 3.05. The van der Waals surface area contributed by atoms with Gasteiger partial charge in [0.05, 0.1) is 0 Å². The first-order valence-corrected chi connectivity index (χ1v) is 9.79. The third-order valence-electron chi connectivity index (χ3n) is 5.24. The molecule has 3 rings (SSSR count). The minimum absolute atomic E-state index is 0.0502. The van der Waals surface area contributed by atoms with Crippen LogP contribution in [0.2, 0.25) is 0 Å². The summed E-state index contributed by atoms with van der Waals surface area (Å²) in [4.78, 5) is 14.7. The highest BCUT2D eigenvalue weighted by atomic mass is 16.5. The van der Waals surface area contributed by atoms with Gasteiger partial charge in [0.1, 0.15) is 17.3 Å². The highest BCUT2D eigenvalue weighted by Gasteiger charge is 2.22. The van der Waals surface area contributed by atoms with Crippen LogP contribution < -0.4 is 10.1 Å². The summed E-state index contributed by atoms with van der Waals surface area (Å²) < 4.78 is 11.3. The van der Waals surface area contributed by atoms with Gasteiger partial charge in [0.25, 0.3) is 5.91 Å².